The van der Waals surface area contributed by atoms with Gasteiger partial charge in [-0.1, -0.05) is 24.3 Å². The van der Waals surface area contributed by atoms with Gasteiger partial charge in [0.1, 0.15) is 0 Å². The zero-order chi connectivity index (χ0) is 11.6. The second-order valence-electron chi connectivity index (χ2n) is 5.00. The molecule has 0 saturated carbocycles. The molecule has 0 spiro atoms. The van der Waals surface area contributed by atoms with Crippen LogP contribution in [0.3, 0.4) is 0 Å². The van der Waals surface area contributed by atoms with Gasteiger partial charge in [-0.3, -0.25) is 0 Å². The lowest BCUT2D eigenvalue weighted by Crippen LogP contribution is -2.46. The zero-order valence-corrected chi connectivity index (χ0v) is 10.2. The molecule has 88 valence electrons. The molecule has 1 aromatic rings. The van der Waals surface area contributed by atoms with Crippen molar-refractivity contribution in [1.82, 2.24) is 0 Å². The van der Waals surface area contributed by atoms with Crippen molar-refractivity contribution in [3.05, 3.63) is 35.4 Å². The van der Waals surface area contributed by atoms with E-state index in [1.54, 1.807) is 0 Å². The van der Waals surface area contributed by atoms with Gasteiger partial charge in [0.15, 0.2) is 0 Å². The van der Waals surface area contributed by atoms with Crippen LogP contribution in [0.15, 0.2) is 24.3 Å². The Kier molecular flexibility index (Phi) is 3.31. The predicted molar refractivity (Wildman–Crippen MR) is 66.4 cm³/mol. The van der Waals surface area contributed by atoms with Crippen molar-refractivity contribution in [3.8, 4) is 0 Å². The van der Waals surface area contributed by atoms with Gasteiger partial charge in [0, 0.05) is 12.6 Å². The van der Waals surface area contributed by atoms with E-state index >= 15 is 0 Å². The van der Waals surface area contributed by atoms with Crippen LogP contribution in [0.5, 0.6) is 0 Å². The molecule has 0 aliphatic carbocycles. The molecule has 2 nitrogen and oxygen atoms in total. The van der Waals surface area contributed by atoms with Crippen LogP contribution >= 0.6 is 0 Å². The molecular weight excluding hydrogens is 198 g/mol. The Balaban J connectivity index is 2.07. The van der Waals surface area contributed by atoms with Gasteiger partial charge >= 0.3 is 0 Å². The summed E-state index contributed by atoms with van der Waals surface area (Å²) in [6.45, 7) is 5.14. The molecule has 16 heavy (non-hydrogen) atoms. The smallest absolute Gasteiger partial charge is 0.0808 e. The molecule has 2 atom stereocenters. The normalized spacial score (nSPS) is 26.9. The molecular formula is C14H21NO. The van der Waals surface area contributed by atoms with Crippen molar-refractivity contribution in [3.63, 3.8) is 0 Å². The van der Waals surface area contributed by atoms with Crippen LogP contribution in [0.2, 0.25) is 0 Å². The van der Waals surface area contributed by atoms with E-state index in [1.807, 2.05) is 0 Å². The Hall–Kier alpha value is -0.860. The maximum absolute atomic E-state index is 6.29. The Morgan fingerprint density at radius 3 is 2.81 bits per heavy atom. The lowest BCUT2D eigenvalue weighted by atomic mass is 9.88. The molecule has 1 aliphatic rings. The minimum absolute atomic E-state index is 0.0936. The van der Waals surface area contributed by atoms with Gasteiger partial charge in [-0.2, -0.15) is 0 Å². The third kappa shape index (κ3) is 2.28. The lowest BCUT2D eigenvalue weighted by Gasteiger charge is -2.30. The number of aryl methyl sites for hydroxylation is 1. The number of hydrogen-bond donors (Lipinski definition) is 1. The average Bonchev–Trinajstić information content (AvgIpc) is 2.70. The van der Waals surface area contributed by atoms with Crippen LogP contribution in [0, 0.1) is 6.92 Å². The first-order valence-corrected chi connectivity index (χ1v) is 6.06. The summed E-state index contributed by atoms with van der Waals surface area (Å²) in [5.74, 6) is 0. The van der Waals surface area contributed by atoms with Crippen LogP contribution in [0.1, 0.15) is 30.9 Å². The highest BCUT2D eigenvalue weighted by molar-refractivity contribution is 5.26. The fourth-order valence-electron chi connectivity index (χ4n) is 2.39. The molecule has 1 aromatic carbocycles. The average molecular weight is 219 g/mol. The molecule has 1 saturated heterocycles. The summed E-state index contributed by atoms with van der Waals surface area (Å²) < 4.78 is 5.79. The third-order valence-corrected chi connectivity index (χ3v) is 3.73. The molecule has 2 rings (SSSR count). The monoisotopic (exact) mass is 219 g/mol. The summed E-state index contributed by atoms with van der Waals surface area (Å²) in [6.07, 6.45) is 3.13. The molecule has 1 heterocycles. The number of benzene rings is 1. The molecule has 0 radical (unpaired) electrons. The zero-order valence-electron chi connectivity index (χ0n) is 10.2. The summed E-state index contributed by atoms with van der Waals surface area (Å²) >= 11 is 0. The van der Waals surface area contributed by atoms with E-state index in [1.165, 1.54) is 11.1 Å². The van der Waals surface area contributed by atoms with Crippen molar-refractivity contribution in [2.75, 3.05) is 6.61 Å². The van der Waals surface area contributed by atoms with Gasteiger partial charge in [-0.25, -0.2) is 0 Å². The quantitative estimate of drug-likeness (QED) is 0.847. The Morgan fingerprint density at radius 2 is 2.19 bits per heavy atom. The highest BCUT2D eigenvalue weighted by Crippen LogP contribution is 2.29. The molecule has 2 unspecified atom stereocenters. The van der Waals surface area contributed by atoms with Crippen molar-refractivity contribution < 1.29 is 4.74 Å². The van der Waals surface area contributed by atoms with Crippen molar-refractivity contribution in [2.24, 2.45) is 5.73 Å². The fourth-order valence-corrected chi connectivity index (χ4v) is 2.39. The van der Waals surface area contributed by atoms with Gasteiger partial charge in [-0.15, -0.1) is 0 Å². The van der Waals surface area contributed by atoms with Crippen molar-refractivity contribution in [2.45, 2.75) is 44.8 Å². The van der Waals surface area contributed by atoms with Gasteiger partial charge < -0.3 is 10.5 Å². The first-order chi connectivity index (χ1) is 7.62. The first-order valence-electron chi connectivity index (χ1n) is 6.06. The van der Waals surface area contributed by atoms with Crippen LogP contribution < -0.4 is 5.73 Å². The standard InChI is InChI=1S/C14H21NO/c1-11-6-3-4-7-12(11)10-13(15)14(2)8-5-9-16-14/h3-4,6-7,13H,5,8-10,15H2,1-2H3. The highest BCUT2D eigenvalue weighted by atomic mass is 16.5. The number of nitrogens with two attached hydrogens (primary N) is 1. The summed E-state index contributed by atoms with van der Waals surface area (Å²) in [5.41, 5.74) is 8.82. The van der Waals surface area contributed by atoms with E-state index in [-0.39, 0.29) is 11.6 Å². The number of rotatable bonds is 3. The summed E-state index contributed by atoms with van der Waals surface area (Å²) in [6, 6.07) is 8.54. The Morgan fingerprint density at radius 1 is 1.44 bits per heavy atom. The minimum atomic E-state index is -0.123. The molecule has 2 heteroatoms. The topological polar surface area (TPSA) is 35.2 Å². The molecule has 0 bridgehead atoms. The van der Waals surface area contributed by atoms with Crippen LogP contribution in [-0.2, 0) is 11.2 Å². The van der Waals surface area contributed by atoms with E-state index in [0.717, 1.165) is 25.9 Å². The summed E-state index contributed by atoms with van der Waals surface area (Å²) in [7, 11) is 0. The largest absolute Gasteiger partial charge is 0.374 e. The molecule has 0 aromatic heterocycles. The summed E-state index contributed by atoms with van der Waals surface area (Å²) in [4.78, 5) is 0. The second-order valence-corrected chi connectivity index (χ2v) is 5.00. The molecule has 0 amide bonds. The fraction of sp³-hybridized carbons (Fsp3) is 0.571. The molecule has 2 N–H and O–H groups in total. The summed E-state index contributed by atoms with van der Waals surface area (Å²) in [5, 5.41) is 0. The number of hydrogen-bond acceptors (Lipinski definition) is 2. The first kappa shape index (κ1) is 11.6. The van der Waals surface area contributed by atoms with Gasteiger partial charge in [-0.05, 0) is 44.2 Å². The number of ether oxygens (including phenoxy) is 1. The SMILES string of the molecule is Cc1ccccc1CC(N)C1(C)CCCO1. The van der Waals surface area contributed by atoms with Gasteiger partial charge in [0.05, 0.1) is 5.60 Å². The van der Waals surface area contributed by atoms with Crippen LogP contribution in [0.4, 0.5) is 0 Å². The van der Waals surface area contributed by atoms with Gasteiger partial charge in [0.2, 0.25) is 0 Å². The van der Waals surface area contributed by atoms with Gasteiger partial charge in [0.25, 0.3) is 0 Å². The van der Waals surface area contributed by atoms with Crippen LogP contribution in [0.25, 0.3) is 0 Å². The van der Waals surface area contributed by atoms with Crippen LogP contribution in [-0.4, -0.2) is 18.2 Å². The van der Waals surface area contributed by atoms with Crippen molar-refractivity contribution in [1.29, 1.82) is 0 Å². The van der Waals surface area contributed by atoms with Crippen molar-refractivity contribution >= 4 is 0 Å². The van der Waals surface area contributed by atoms with E-state index in [4.69, 9.17) is 10.5 Å². The lowest BCUT2D eigenvalue weighted by molar-refractivity contribution is -0.000930. The maximum atomic E-state index is 6.29. The maximum Gasteiger partial charge on any atom is 0.0808 e. The molecule has 1 fully saturated rings. The minimum Gasteiger partial charge on any atom is -0.374 e. The molecule has 1 aliphatic heterocycles. The Labute approximate surface area is 97.8 Å². The Bertz CT molecular complexity index is 356. The van der Waals surface area contributed by atoms with E-state index in [9.17, 15) is 0 Å². The van der Waals surface area contributed by atoms with E-state index < -0.39 is 0 Å². The third-order valence-electron chi connectivity index (χ3n) is 3.73. The predicted octanol–water partition coefficient (Wildman–Crippen LogP) is 2.43. The van der Waals surface area contributed by atoms with E-state index in [2.05, 4.69) is 38.1 Å². The highest BCUT2D eigenvalue weighted by Gasteiger charge is 2.36. The second kappa shape index (κ2) is 4.56. The van der Waals surface area contributed by atoms with E-state index in [0.29, 0.717) is 0 Å².